The fourth-order valence-corrected chi connectivity index (χ4v) is 2.00. The van der Waals surface area contributed by atoms with Crippen LogP contribution in [-0.4, -0.2) is 4.98 Å². The highest BCUT2D eigenvalue weighted by Gasteiger charge is 2.17. The molecule has 0 saturated heterocycles. The summed E-state index contributed by atoms with van der Waals surface area (Å²) < 4.78 is 5.71. The summed E-state index contributed by atoms with van der Waals surface area (Å²) in [6.07, 6.45) is 0. The Morgan fingerprint density at radius 1 is 0.789 bits per heavy atom. The summed E-state index contributed by atoms with van der Waals surface area (Å²) >= 11 is 0. The lowest BCUT2D eigenvalue weighted by molar-refractivity contribution is 0.514. The lowest BCUT2D eigenvalue weighted by Crippen LogP contribution is -1.90. The first-order chi connectivity index (χ1) is 9.33. The molecule has 2 nitrogen and oxygen atoms in total. The normalized spacial score (nSPS) is 10.4. The Balaban J connectivity index is 2.12. The maximum Gasteiger partial charge on any atom is 0.460 e. The molecule has 0 aliphatic rings. The van der Waals surface area contributed by atoms with Gasteiger partial charge in [-0.05, 0) is 12.1 Å². The molecule has 1 aromatic heterocycles. The van der Waals surface area contributed by atoms with E-state index >= 15 is 0 Å². The van der Waals surface area contributed by atoms with Crippen LogP contribution < -0.4 is 0 Å². The molecule has 0 unspecified atom stereocenters. The van der Waals surface area contributed by atoms with Gasteiger partial charge in [-0.2, -0.15) is 9.40 Å². The van der Waals surface area contributed by atoms with Gasteiger partial charge in [0.2, 0.25) is 0 Å². The van der Waals surface area contributed by atoms with Crippen molar-refractivity contribution >= 4 is 0 Å². The Morgan fingerprint density at radius 3 is 2.00 bits per heavy atom. The van der Waals surface area contributed by atoms with Crippen molar-refractivity contribution in [3.63, 3.8) is 0 Å². The van der Waals surface area contributed by atoms with Gasteiger partial charge in [0.1, 0.15) is 5.56 Å². The van der Waals surface area contributed by atoms with E-state index in [9.17, 15) is 0 Å². The first-order valence-corrected chi connectivity index (χ1v) is 6.25. The molecule has 19 heavy (non-hydrogen) atoms. The zero-order chi connectivity index (χ0) is 13.1. The van der Waals surface area contributed by atoms with E-state index in [4.69, 9.17) is 4.42 Å². The van der Waals surface area contributed by atoms with Gasteiger partial charge in [-0.15, -0.1) is 0 Å². The molecular formula is C17H14NO+. The maximum absolute atomic E-state index is 5.71. The molecule has 3 rings (SSSR count). The minimum atomic E-state index is 0.652. The summed E-state index contributed by atoms with van der Waals surface area (Å²) in [4.78, 5) is 4.61. The molecule has 0 saturated carbocycles. The Kier molecular flexibility index (Phi) is 3.07. The summed E-state index contributed by atoms with van der Waals surface area (Å²) in [6.45, 7) is 1.94. The number of benzene rings is 2. The number of rotatable bonds is 2. The van der Waals surface area contributed by atoms with Crippen LogP contribution in [0.25, 0.3) is 22.7 Å². The van der Waals surface area contributed by atoms with E-state index in [-0.39, 0.29) is 0 Å². The largest absolute Gasteiger partial charge is 0.460 e. The van der Waals surface area contributed by atoms with Crippen LogP contribution in [0.5, 0.6) is 0 Å². The predicted octanol–water partition coefficient (Wildman–Crippen LogP) is 4.60. The molecule has 2 heteroatoms. The second kappa shape index (κ2) is 5.02. The average molecular weight is 248 g/mol. The van der Waals surface area contributed by atoms with Crippen LogP contribution in [-0.2, 0) is 0 Å². The lowest BCUT2D eigenvalue weighted by atomic mass is 10.1. The molecular weight excluding hydrogens is 234 g/mol. The molecule has 0 spiro atoms. The van der Waals surface area contributed by atoms with Gasteiger partial charge in [-0.3, -0.25) is 0 Å². The van der Waals surface area contributed by atoms with Gasteiger partial charge in [0.05, 0.1) is 18.7 Å². The minimum Gasteiger partial charge on any atom is -0.192 e. The summed E-state index contributed by atoms with van der Waals surface area (Å²) in [5, 5.41) is 0. The van der Waals surface area contributed by atoms with Crippen LogP contribution in [0.3, 0.4) is 0 Å². The summed E-state index contributed by atoms with van der Waals surface area (Å²) in [5.74, 6) is 1.51. The number of hydrogen-bond donors (Lipinski definition) is 0. The first kappa shape index (κ1) is 11.6. The molecule has 1 heterocycles. The average Bonchev–Trinajstić information content (AvgIpc) is 2.48. The van der Waals surface area contributed by atoms with Gasteiger partial charge in [-0.1, -0.05) is 48.5 Å². The molecule has 92 valence electrons. The van der Waals surface area contributed by atoms with Crippen molar-refractivity contribution in [3.8, 4) is 22.7 Å². The highest BCUT2D eigenvalue weighted by Crippen LogP contribution is 2.24. The van der Waals surface area contributed by atoms with E-state index in [1.54, 1.807) is 0 Å². The molecule has 0 aliphatic carbocycles. The second-order valence-electron chi connectivity index (χ2n) is 4.39. The van der Waals surface area contributed by atoms with Crippen molar-refractivity contribution in [2.45, 2.75) is 6.92 Å². The van der Waals surface area contributed by atoms with Gasteiger partial charge in [0, 0.05) is 5.56 Å². The van der Waals surface area contributed by atoms with Gasteiger partial charge in [0.25, 0.3) is 0 Å². The maximum atomic E-state index is 5.71. The van der Waals surface area contributed by atoms with Gasteiger partial charge in [-0.25, -0.2) is 0 Å². The van der Waals surface area contributed by atoms with Crippen molar-refractivity contribution in [1.29, 1.82) is 0 Å². The van der Waals surface area contributed by atoms with E-state index in [1.807, 2.05) is 61.5 Å². The molecule has 0 amide bonds. The van der Waals surface area contributed by atoms with Crippen LogP contribution in [0, 0.1) is 6.92 Å². The van der Waals surface area contributed by atoms with E-state index in [0.717, 1.165) is 22.6 Å². The third-order valence-corrected chi connectivity index (χ3v) is 2.91. The van der Waals surface area contributed by atoms with Gasteiger partial charge >= 0.3 is 11.7 Å². The Morgan fingerprint density at radius 2 is 1.37 bits per heavy atom. The van der Waals surface area contributed by atoms with Gasteiger partial charge < -0.3 is 0 Å². The monoisotopic (exact) mass is 248 g/mol. The molecule has 2 aromatic carbocycles. The quantitative estimate of drug-likeness (QED) is 0.619. The van der Waals surface area contributed by atoms with E-state index in [1.165, 1.54) is 0 Å². The van der Waals surface area contributed by atoms with E-state index in [2.05, 4.69) is 17.1 Å². The zero-order valence-electron chi connectivity index (χ0n) is 10.7. The molecule has 0 aliphatic heterocycles. The van der Waals surface area contributed by atoms with Crippen LogP contribution in [0.15, 0.2) is 71.1 Å². The first-order valence-electron chi connectivity index (χ1n) is 6.25. The van der Waals surface area contributed by atoms with E-state index < -0.39 is 0 Å². The SMILES string of the molecule is Cc1cc(-c2ccccc2)nc(-c2ccccc2)[o+]1. The Hall–Kier alpha value is -2.48. The summed E-state index contributed by atoms with van der Waals surface area (Å²) in [6, 6.07) is 22.0. The fourth-order valence-electron chi connectivity index (χ4n) is 2.00. The standard InChI is InChI=1S/C17H14NO/c1-13-12-16(14-8-4-2-5-9-14)18-17(19-13)15-10-6-3-7-11-15/h2-12H,1H3/q+1. The van der Waals surface area contributed by atoms with Crippen LogP contribution in [0.4, 0.5) is 0 Å². The highest BCUT2D eigenvalue weighted by atomic mass is 16.3. The molecule has 0 fully saturated rings. The van der Waals surface area contributed by atoms with Crippen molar-refractivity contribution in [1.82, 2.24) is 4.98 Å². The van der Waals surface area contributed by atoms with Crippen LogP contribution in [0.2, 0.25) is 0 Å². The van der Waals surface area contributed by atoms with Crippen molar-refractivity contribution < 1.29 is 4.42 Å². The fraction of sp³-hybridized carbons (Fsp3) is 0.0588. The molecule has 0 N–H and O–H groups in total. The zero-order valence-corrected chi connectivity index (χ0v) is 10.7. The highest BCUT2D eigenvalue weighted by molar-refractivity contribution is 5.62. The van der Waals surface area contributed by atoms with E-state index in [0.29, 0.717) is 5.89 Å². The minimum absolute atomic E-state index is 0.652. The Labute approximate surface area is 112 Å². The molecule has 0 atom stereocenters. The second-order valence-corrected chi connectivity index (χ2v) is 4.39. The number of aryl methyl sites for hydroxylation is 1. The smallest absolute Gasteiger partial charge is 0.192 e. The molecule has 3 aromatic rings. The van der Waals surface area contributed by atoms with Crippen LogP contribution >= 0.6 is 0 Å². The topological polar surface area (TPSA) is 24.2 Å². The van der Waals surface area contributed by atoms with Crippen molar-refractivity contribution in [2.24, 2.45) is 0 Å². The number of aromatic nitrogens is 1. The van der Waals surface area contributed by atoms with Crippen molar-refractivity contribution in [2.75, 3.05) is 0 Å². The summed E-state index contributed by atoms with van der Waals surface area (Å²) in [5.41, 5.74) is 3.02. The predicted molar refractivity (Wildman–Crippen MR) is 76.5 cm³/mol. The number of hydrogen-bond acceptors (Lipinski definition) is 1. The summed E-state index contributed by atoms with van der Waals surface area (Å²) in [7, 11) is 0. The third kappa shape index (κ3) is 2.52. The van der Waals surface area contributed by atoms with Crippen LogP contribution in [0.1, 0.15) is 5.76 Å². The third-order valence-electron chi connectivity index (χ3n) is 2.91. The lowest BCUT2D eigenvalue weighted by Gasteiger charge is -1.98. The van der Waals surface area contributed by atoms with Gasteiger partial charge in [0.15, 0.2) is 0 Å². The molecule has 0 radical (unpaired) electrons. The van der Waals surface area contributed by atoms with Crippen molar-refractivity contribution in [3.05, 3.63) is 72.5 Å². The Bertz CT molecular complexity index is 620. The molecule has 0 bridgehead atoms. The number of nitrogens with zero attached hydrogens (tertiary/aromatic N) is 1.